The second kappa shape index (κ2) is 3.88. The Kier molecular flexibility index (Phi) is 2.58. The van der Waals surface area contributed by atoms with Crippen molar-refractivity contribution in [1.82, 2.24) is 4.57 Å². The van der Waals surface area contributed by atoms with Crippen LogP contribution in [0.25, 0.3) is 0 Å². The van der Waals surface area contributed by atoms with Crippen LogP contribution in [-0.4, -0.2) is 23.4 Å². The number of nitrogens with zero attached hydrogens (tertiary/aromatic N) is 1. The second-order valence-corrected chi connectivity index (χ2v) is 3.66. The van der Waals surface area contributed by atoms with E-state index in [2.05, 4.69) is 4.74 Å². The molecule has 0 amide bonds. The second-order valence-electron chi connectivity index (χ2n) is 3.66. The van der Waals surface area contributed by atoms with Crippen molar-refractivity contribution in [3.63, 3.8) is 0 Å². The fraction of sp³-hybridized carbons (Fsp3) is 0.455. The number of aromatic nitrogens is 1. The Bertz CT molecular complexity index is 406. The van der Waals surface area contributed by atoms with Gasteiger partial charge in [-0.25, -0.2) is 0 Å². The van der Waals surface area contributed by atoms with E-state index in [0.29, 0.717) is 6.42 Å². The molecule has 1 aromatic heterocycles. The van der Waals surface area contributed by atoms with E-state index in [1.165, 1.54) is 7.11 Å². The monoisotopic (exact) mass is 207 g/mol. The van der Waals surface area contributed by atoms with Crippen LogP contribution in [0, 0.1) is 0 Å². The summed E-state index contributed by atoms with van der Waals surface area (Å²) in [5.41, 5.74) is 1.74. The number of hydrogen-bond acceptors (Lipinski definition) is 3. The molecule has 4 nitrogen and oxygen atoms in total. The van der Waals surface area contributed by atoms with Gasteiger partial charge >= 0.3 is 5.97 Å². The van der Waals surface area contributed by atoms with E-state index in [4.69, 9.17) is 0 Å². The van der Waals surface area contributed by atoms with Crippen molar-refractivity contribution in [2.24, 2.45) is 0 Å². The summed E-state index contributed by atoms with van der Waals surface area (Å²) >= 11 is 0. The Morgan fingerprint density at radius 2 is 2.33 bits per heavy atom. The van der Waals surface area contributed by atoms with Crippen LogP contribution in [0.15, 0.2) is 12.3 Å². The first-order chi connectivity index (χ1) is 7.22. The molecule has 0 saturated carbocycles. The van der Waals surface area contributed by atoms with E-state index in [1.807, 2.05) is 0 Å². The number of rotatable bonds is 2. The van der Waals surface area contributed by atoms with Gasteiger partial charge in [-0.05, 0) is 18.9 Å². The molecule has 0 saturated heterocycles. The van der Waals surface area contributed by atoms with Crippen molar-refractivity contribution < 1.29 is 14.3 Å². The van der Waals surface area contributed by atoms with Gasteiger partial charge in [0.05, 0.1) is 7.11 Å². The SMILES string of the molecule is COC(=O)Cn1ccc2c1CCCC2=O. The number of ether oxygens (including phenoxy) is 1. The maximum atomic E-state index is 11.5. The third kappa shape index (κ3) is 1.79. The zero-order chi connectivity index (χ0) is 10.8. The van der Waals surface area contributed by atoms with Gasteiger partial charge in [-0.3, -0.25) is 9.59 Å². The Balaban J connectivity index is 2.27. The first-order valence-electron chi connectivity index (χ1n) is 5.00. The molecular formula is C11H13NO3. The highest BCUT2D eigenvalue weighted by Gasteiger charge is 2.21. The fourth-order valence-corrected chi connectivity index (χ4v) is 1.94. The molecule has 0 bridgehead atoms. The van der Waals surface area contributed by atoms with Crippen molar-refractivity contribution in [2.75, 3.05) is 7.11 Å². The Labute approximate surface area is 87.8 Å². The zero-order valence-corrected chi connectivity index (χ0v) is 8.66. The molecule has 0 aromatic carbocycles. The molecule has 80 valence electrons. The van der Waals surface area contributed by atoms with Crippen LogP contribution in [0.2, 0.25) is 0 Å². The van der Waals surface area contributed by atoms with Gasteiger partial charge < -0.3 is 9.30 Å². The lowest BCUT2D eigenvalue weighted by atomic mass is 9.97. The molecule has 0 unspecified atom stereocenters. The predicted octanol–water partition coefficient (Wildman–Crippen LogP) is 1.18. The highest BCUT2D eigenvalue weighted by atomic mass is 16.5. The van der Waals surface area contributed by atoms with Gasteiger partial charge in [-0.15, -0.1) is 0 Å². The fourth-order valence-electron chi connectivity index (χ4n) is 1.94. The molecule has 1 heterocycles. The Hall–Kier alpha value is -1.58. The minimum absolute atomic E-state index is 0.180. The third-order valence-electron chi connectivity index (χ3n) is 2.72. The summed E-state index contributed by atoms with van der Waals surface area (Å²) in [6, 6.07) is 1.79. The van der Waals surface area contributed by atoms with Crippen molar-refractivity contribution in [2.45, 2.75) is 25.8 Å². The van der Waals surface area contributed by atoms with Crippen molar-refractivity contribution in [3.05, 3.63) is 23.5 Å². The highest BCUT2D eigenvalue weighted by molar-refractivity contribution is 5.98. The lowest BCUT2D eigenvalue weighted by Crippen LogP contribution is -2.17. The quantitative estimate of drug-likeness (QED) is 0.684. The van der Waals surface area contributed by atoms with Crippen LogP contribution in [0.4, 0.5) is 0 Å². The molecule has 4 heteroatoms. The van der Waals surface area contributed by atoms with E-state index in [0.717, 1.165) is 24.1 Å². The number of hydrogen-bond donors (Lipinski definition) is 0. The first-order valence-corrected chi connectivity index (χ1v) is 5.00. The maximum absolute atomic E-state index is 11.5. The molecule has 1 aromatic rings. The molecule has 0 aliphatic heterocycles. The minimum atomic E-state index is -0.286. The van der Waals surface area contributed by atoms with Crippen LogP contribution >= 0.6 is 0 Å². The van der Waals surface area contributed by atoms with Crippen molar-refractivity contribution in [1.29, 1.82) is 0 Å². The molecular weight excluding hydrogens is 194 g/mol. The van der Waals surface area contributed by atoms with E-state index >= 15 is 0 Å². The molecule has 15 heavy (non-hydrogen) atoms. The average molecular weight is 207 g/mol. The summed E-state index contributed by atoms with van der Waals surface area (Å²) in [5.74, 6) is -0.105. The number of carbonyl (C=O) groups is 2. The molecule has 0 N–H and O–H groups in total. The highest BCUT2D eigenvalue weighted by Crippen LogP contribution is 2.22. The van der Waals surface area contributed by atoms with Crippen molar-refractivity contribution >= 4 is 11.8 Å². The van der Waals surface area contributed by atoms with E-state index in [1.54, 1.807) is 16.8 Å². The van der Waals surface area contributed by atoms with Gasteiger partial charge in [0.25, 0.3) is 0 Å². The number of ketones is 1. The average Bonchev–Trinajstić information content (AvgIpc) is 2.63. The summed E-state index contributed by atoms with van der Waals surface area (Å²) < 4.78 is 6.40. The minimum Gasteiger partial charge on any atom is -0.468 e. The summed E-state index contributed by atoms with van der Waals surface area (Å²) in [5, 5.41) is 0. The summed E-state index contributed by atoms with van der Waals surface area (Å²) in [6.07, 6.45) is 4.14. The van der Waals surface area contributed by atoms with E-state index in [9.17, 15) is 9.59 Å². The lowest BCUT2D eigenvalue weighted by Gasteiger charge is -2.13. The van der Waals surface area contributed by atoms with Crippen LogP contribution in [0.5, 0.6) is 0 Å². The third-order valence-corrected chi connectivity index (χ3v) is 2.72. The van der Waals surface area contributed by atoms with Gasteiger partial charge in [0.2, 0.25) is 0 Å². The molecule has 0 radical (unpaired) electrons. The Morgan fingerprint density at radius 1 is 1.53 bits per heavy atom. The number of methoxy groups -OCH3 is 1. The number of fused-ring (bicyclic) bond motifs is 1. The van der Waals surface area contributed by atoms with E-state index in [-0.39, 0.29) is 18.3 Å². The smallest absolute Gasteiger partial charge is 0.325 e. The van der Waals surface area contributed by atoms with Crippen LogP contribution in [0.1, 0.15) is 28.9 Å². The number of carbonyl (C=O) groups excluding carboxylic acids is 2. The number of Topliss-reactive ketones (excluding diaryl/α,β-unsaturated/α-hetero) is 1. The van der Waals surface area contributed by atoms with Gasteiger partial charge in [-0.1, -0.05) is 0 Å². The largest absolute Gasteiger partial charge is 0.468 e. The van der Waals surface area contributed by atoms with Gasteiger partial charge in [0.1, 0.15) is 6.54 Å². The lowest BCUT2D eigenvalue weighted by molar-refractivity contribution is -0.141. The van der Waals surface area contributed by atoms with Crippen molar-refractivity contribution in [3.8, 4) is 0 Å². The van der Waals surface area contributed by atoms with Crippen LogP contribution in [-0.2, 0) is 22.5 Å². The molecule has 0 spiro atoms. The molecule has 1 aliphatic carbocycles. The zero-order valence-electron chi connectivity index (χ0n) is 8.66. The Morgan fingerprint density at radius 3 is 3.07 bits per heavy atom. The summed E-state index contributed by atoms with van der Waals surface area (Å²) in [7, 11) is 1.36. The topological polar surface area (TPSA) is 48.3 Å². The summed E-state index contributed by atoms with van der Waals surface area (Å²) in [6.45, 7) is 0.194. The molecule has 1 aliphatic rings. The summed E-state index contributed by atoms with van der Waals surface area (Å²) in [4.78, 5) is 22.6. The number of esters is 1. The van der Waals surface area contributed by atoms with Gasteiger partial charge in [-0.2, -0.15) is 0 Å². The normalized spacial score (nSPS) is 14.9. The standard InChI is InChI=1S/C11H13NO3/c1-15-11(14)7-12-6-5-8-9(12)3-2-4-10(8)13/h5-6H,2-4,7H2,1H3. The van der Waals surface area contributed by atoms with Gasteiger partial charge in [0, 0.05) is 23.9 Å². The first kappa shape index (κ1) is 9.96. The van der Waals surface area contributed by atoms with Gasteiger partial charge in [0.15, 0.2) is 5.78 Å². The maximum Gasteiger partial charge on any atom is 0.325 e. The predicted molar refractivity (Wildman–Crippen MR) is 53.7 cm³/mol. The molecule has 2 rings (SSSR count). The van der Waals surface area contributed by atoms with Crippen LogP contribution in [0.3, 0.4) is 0 Å². The molecule has 0 fully saturated rings. The van der Waals surface area contributed by atoms with E-state index < -0.39 is 0 Å². The van der Waals surface area contributed by atoms with Crippen LogP contribution < -0.4 is 0 Å². The molecule has 0 atom stereocenters.